The smallest absolute Gasteiger partial charge is 0.326 e. The summed E-state index contributed by atoms with van der Waals surface area (Å²) in [6, 6.07) is 16.4. The molecule has 0 aliphatic carbocycles. The van der Waals surface area contributed by atoms with E-state index in [0.717, 1.165) is 19.3 Å². The lowest BCUT2D eigenvalue weighted by Crippen LogP contribution is -2.36. The van der Waals surface area contributed by atoms with Gasteiger partial charge in [0, 0.05) is 24.3 Å². The van der Waals surface area contributed by atoms with Crippen LogP contribution in [0.2, 0.25) is 10.0 Å². The van der Waals surface area contributed by atoms with Gasteiger partial charge in [-0.05, 0) is 68.7 Å². The molecule has 0 unspecified atom stereocenters. The average molecular weight is 585 g/mol. The van der Waals surface area contributed by atoms with Gasteiger partial charge in [-0.25, -0.2) is 0 Å². The van der Waals surface area contributed by atoms with E-state index in [1.807, 2.05) is 4.90 Å². The molecule has 4 rings (SSSR count). The van der Waals surface area contributed by atoms with Gasteiger partial charge >= 0.3 is 5.97 Å². The van der Waals surface area contributed by atoms with E-state index in [-0.39, 0.29) is 34.9 Å². The molecule has 0 radical (unpaired) electrons. The van der Waals surface area contributed by atoms with Gasteiger partial charge in [-0.3, -0.25) is 19.3 Å². The average Bonchev–Trinajstić information content (AvgIpc) is 2.98. The van der Waals surface area contributed by atoms with Crippen molar-refractivity contribution in [3.05, 3.63) is 81.8 Å². The summed E-state index contributed by atoms with van der Waals surface area (Å²) in [4.78, 5) is 41.9. The Labute approximate surface area is 243 Å². The van der Waals surface area contributed by atoms with Crippen LogP contribution in [-0.4, -0.2) is 56.0 Å². The summed E-state index contributed by atoms with van der Waals surface area (Å²) < 4.78 is 16.5. The Morgan fingerprint density at radius 1 is 0.925 bits per heavy atom. The van der Waals surface area contributed by atoms with Crippen LogP contribution < -0.4 is 14.4 Å². The van der Waals surface area contributed by atoms with E-state index in [4.69, 9.17) is 37.4 Å². The molecule has 1 fully saturated rings. The predicted octanol–water partition coefficient (Wildman–Crippen LogP) is 6.63. The Hall–Kier alpha value is -3.75. The second-order valence-corrected chi connectivity index (χ2v) is 9.93. The van der Waals surface area contributed by atoms with Crippen molar-refractivity contribution in [3.63, 3.8) is 0 Å². The number of esters is 1. The number of benzene rings is 3. The molecule has 1 saturated heterocycles. The number of rotatable bonds is 9. The molecule has 1 heterocycles. The molecule has 3 aromatic rings. The molecule has 210 valence electrons. The number of carbonyl (C=O) groups is 3. The van der Waals surface area contributed by atoms with Crippen molar-refractivity contribution < 1.29 is 28.6 Å². The van der Waals surface area contributed by atoms with Crippen molar-refractivity contribution >= 4 is 46.7 Å². The number of methoxy groups -OCH3 is 1. The highest BCUT2D eigenvalue weighted by Crippen LogP contribution is 2.41. The van der Waals surface area contributed by atoms with E-state index in [1.165, 1.54) is 24.1 Å². The zero-order valence-electron chi connectivity index (χ0n) is 22.3. The maximum Gasteiger partial charge on any atom is 0.326 e. The zero-order chi connectivity index (χ0) is 28.6. The Bertz CT molecular complexity index is 1350. The van der Waals surface area contributed by atoms with E-state index < -0.39 is 11.9 Å². The first-order valence-corrected chi connectivity index (χ1v) is 13.7. The number of piperidine rings is 1. The van der Waals surface area contributed by atoms with Crippen molar-refractivity contribution in [1.29, 1.82) is 0 Å². The molecule has 10 heteroatoms. The predicted molar refractivity (Wildman–Crippen MR) is 154 cm³/mol. The van der Waals surface area contributed by atoms with Crippen LogP contribution in [0.15, 0.2) is 60.7 Å². The molecule has 3 aromatic carbocycles. The number of likely N-dealkylation sites (tertiary alicyclic amines) is 1. The van der Waals surface area contributed by atoms with Gasteiger partial charge in [0.1, 0.15) is 18.0 Å². The normalized spacial score (nSPS) is 12.9. The summed E-state index contributed by atoms with van der Waals surface area (Å²) in [5, 5.41) is 0.217. The van der Waals surface area contributed by atoms with Gasteiger partial charge in [-0.15, -0.1) is 0 Å². The minimum absolute atomic E-state index is 0.108. The topological polar surface area (TPSA) is 85.4 Å². The van der Waals surface area contributed by atoms with Crippen LogP contribution in [0.5, 0.6) is 17.2 Å². The van der Waals surface area contributed by atoms with Gasteiger partial charge in [0.2, 0.25) is 0 Å². The fraction of sp³-hybridized carbons (Fsp3) is 0.300. The third-order valence-electron chi connectivity index (χ3n) is 6.42. The fourth-order valence-electron chi connectivity index (χ4n) is 4.46. The van der Waals surface area contributed by atoms with Crippen LogP contribution in [0.3, 0.4) is 0 Å². The summed E-state index contributed by atoms with van der Waals surface area (Å²) in [5.74, 6) is -0.236. The van der Waals surface area contributed by atoms with Gasteiger partial charge in [0.05, 0.1) is 29.3 Å². The largest absolute Gasteiger partial charge is 0.496 e. The number of amides is 2. The number of hydrogen-bond donors (Lipinski definition) is 0. The maximum atomic E-state index is 13.3. The molecular formula is C30H30Cl2N2O6. The highest BCUT2D eigenvalue weighted by Gasteiger charge is 2.25. The molecule has 0 bridgehead atoms. The Balaban J connectivity index is 1.64. The van der Waals surface area contributed by atoms with E-state index >= 15 is 0 Å². The Morgan fingerprint density at radius 2 is 1.60 bits per heavy atom. The van der Waals surface area contributed by atoms with Gasteiger partial charge in [0.15, 0.2) is 5.75 Å². The summed E-state index contributed by atoms with van der Waals surface area (Å²) >= 11 is 13.2. The Morgan fingerprint density at radius 3 is 2.23 bits per heavy atom. The van der Waals surface area contributed by atoms with Crippen LogP contribution in [-0.2, 0) is 9.53 Å². The van der Waals surface area contributed by atoms with E-state index in [0.29, 0.717) is 41.4 Å². The lowest BCUT2D eigenvalue weighted by molar-refractivity contribution is -0.141. The molecule has 1 aliphatic rings. The quantitative estimate of drug-likeness (QED) is 0.262. The van der Waals surface area contributed by atoms with Crippen LogP contribution in [0.1, 0.15) is 46.9 Å². The van der Waals surface area contributed by atoms with Gasteiger partial charge in [-0.1, -0.05) is 41.4 Å². The summed E-state index contributed by atoms with van der Waals surface area (Å²) in [6.45, 7) is 2.90. The molecule has 0 atom stereocenters. The molecule has 8 nitrogen and oxygen atoms in total. The standard InChI is InChI=1S/C30H30Cl2N2O6/c1-3-39-27(35)19-34(29(36)20-10-6-4-7-11-20)21-16-24(31)28(25(32)17-21)40-22-12-13-26(38-2)23(18-22)30(37)33-14-8-5-9-15-33/h4,6-7,10-13,16-18H,3,5,8-9,14-15,19H2,1-2H3. The van der Waals surface area contributed by atoms with Crippen molar-refractivity contribution in [1.82, 2.24) is 4.90 Å². The van der Waals surface area contributed by atoms with Gasteiger partial charge in [0.25, 0.3) is 11.8 Å². The number of halogens is 2. The summed E-state index contributed by atoms with van der Waals surface area (Å²) in [6.07, 6.45) is 3.02. The first-order valence-electron chi connectivity index (χ1n) is 13.0. The van der Waals surface area contributed by atoms with Crippen LogP contribution in [0.4, 0.5) is 5.69 Å². The van der Waals surface area contributed by atoms with E-state index in [1.54, 1.807) is 55.5 Å². The lowest BCUT2D eigenvalue weighted by atomic mass is 10.1. The molecule has 1 aliphatic heterocycles. The second-order valence-electron chi connectivity index (χ2n) is 9.12. The summed E-state index contributed by atoms with van der Waals surface area (Å²) in [5.41, 5.74) is 1.04. The third kappa shape index (κ3) is 6.87. The number of nitrogens with zero attached hydrogens (tertiary/aromatic N) is 2. The maximum absolute atomic E-state index is 13.3. The van der Waals surface area contributed by atoms with Crippen molar-refractivity contribution in [2.75, 3.05) is 38.3 Å². The van der Waals surface area contributed by atoms with Crippen molar-refractivity contribution in [2.45, 2.75) is 26.2 Å². The zero-order valence-corrected chi connectivity index (χ0v) is 23.8. The monoisotopic (exact) mass is 584 g/mol. The number of anilines is 1. The van der Waals surface area contributed by atoms with Crippen LogP contribution in [0, 0.1) is 0 Å². The minimum atomic E-state index is -0.580. The van der Waals surface area contributed by atoms with E-state index in [2.05, 4.69) is 0 Å². The minimum Gasteiger partial charge on any atom is -0.496 e. The SMILES string of the molecule is CCOC(=O)CN(C(=O)c1ccccc1)c1cc(Cl)c(Oc2ccc(OC)c(C(=O)N3CCCCC3)c2)c(Cl)c1. The fourth-order valence-corrected chi connectivity index (χ4v) is 5.01. The van der Waals surface area contributed by atoms with Gasteiger partial charge in [-0.2, -0.15) is 0 Å². The molecule has 0 N–H and O–H groups in total. The van der Waals surface area contributed by atoms with Crippen molar-refractivity contribution in [2.24, 2.45) is 0 Å². The lowest BCUT2D eigenvalue weighted by Gasteiger charge is -2.27. The molecule has 0 saturated carbocycles. The number of carbonyl (C=O) groups excluding carboxylic acids is 3. The highest BCUT2D eigenvalue weighted by molar-refractivity contribution is 6.37. The number of hydrogen-bond acceptors (Lipinski definition) is 6. The van der Waals surface area contributed by atoms with Gasteiger partial charge < -0.3 is 19.1 Å². The van der Waals surface area contributed by atoms with Crippen LogP contribution >= 0.6 is 23.2 Å². The summed E-state index contributed by atoms with van der Waals surface area (Å²) in [7, 11) is 1.51. The van der Waals surface area contributed by atoms with Crippen molar-refractivity contribution in [3.8, 4) is 17.2 Å². The van der Waals surface area contributed by atoms with E-state index in [9.17, 15) is 14.4 Å². The third-order valence-corrected chi connectivity index (χ3v) is 6.98. The molecule has 0 spiro atoms. The first-order chi connectivity index (χ1) is 19.3. The van der Waals surface area contributed by atoms with Crippen LogP contribution in [0.25, 0.3) is 0 Å². The first kappa shape index (κ1) is 29.2. The molecule has 40 heavy (non-hydrogen) atoms. The molecular weight excluding hydrogens is 555 g/mol. The molecule has 2 amide bonds. The highest BCUT2D eigenvalue weighted by atomic mass is 35.5. The Kier molecular flexibility index (Phi) is 9.90. The number of ether oxygens (including phenoxy) is 3. The second kappa shape index (κ2) is 13.5. The molecule has 0 aromatic heterocycles.